The zero-order valence-electron chi connectivity index (χ0n) is 4.55. The van der Waals surface area contributed by atoms with E-state index >= 15 is 0 Å². The number of carbonyl (C=O) groups is 1. The minimum absolute atomic E-state index is 0.522. The fourth-order valence-corrected chi connectivity index (χ4v) is 0.175. The van der Waals surface area contributed by atoms with Crippen molar-refractivity contribution in [2.45, 2.75) is 0 Å². The maximum atomic E-state index is 10.1. The fourth-order valence-electron chi connectivity index (χ4n) is 0.175. The van der Waals surface area contributed by atoms with Crippen molar-refractivity contribution >= 4 is 6.09 Å². The minimum Gasteiger partial charge on any atom is -0.453 e. The van der Waals surface area contributed by atoms with Crippen molar-refractivity contribution in [2.24, 2.45) is 5.73 Å². The van der Waals surface area contributed by atoms with Gasteiger partial charge in [0.25, 0.3) is 0 Å². The summed E-state index contributed by atoms with van der Waals surface area (Å²) in [7, 11) is 1.28. The Kier molecular flexibility index (Phi) is 3.39. The summed E-state index contributed by atoms with van der Waals surface area (Å²) in [5, 5.41) is 2.22. The number of carbonyl (C=O) groups excluding carboxylic acids is 1. The van der Waals surface area contributed by atoms with E-state index in [1.54, 1.807) is 0 Å². The van der Waals surface area contributed by atoms with Gasteiger partial charge >= 0.3 is 6.09 Å². The lowest BCUT2D eigenvalue weighted by Gasteiger charge is -1.92. The molecule has 3 N–H and O–H groups in total. The predicted octanol–water partition coefficient (Wildman–Crippen LogP) is -0.228. The molecule has 4 heteroatoms. The second-order valence-electron chi connectivity index (χ2n) is 0.995. The zero-order valence-corrected chi connectivity index (χ0v) is 4.55. The molecule has 0 fully saturated rings. The maximum absolute atomic E-state index is 10.1. The number of rotatable bonds is 1. The topological polar surface area (TPSA) is 64.3 Å². The third-order valence-electron chi connectivity index (χ3n) is 0.483. The van der Waals surface area contributed by atoms with Crippen LogP contribution in [-0.2, 0) is 4.74 Å². The molecule has 0 aromatic carbocycles. The second-order valence-corrected chi connectivity index (χ2v) is 0.995. The lowest BCUT2D eigenvalue weighted by Crippen LogP contribution is -2.16. The number of ether oxygens (including phenoxy) is 1. The van der Waals surface area contributed by atoms with Crippen LogP contribution in [0.2, 0.25) is 0 Å². The van der Waals surface area contributed by atoms with E-state index in [1.807, 2.05) is 0 Å². The van der Waals surface area contributed by atoms with Crippen LogP contribution in [0.3, 0.4) is 0 Å². The van der Waals surface area contributed by atoms with Gasteiger partial charge in [-0.05, 0) is 0 Å². The standard InChI is InChI=1S/C4H8N2O2/c1-8-4(7)6-3-2-5/h2-3H,5H2,1H3,(H,6,7)/b3-2+. The van der Waals surface area contributed by atoms with Crippen molar-refractivity contribution < 1.29 is 9.53 Å². The lowest BCUT2D eigenvalue weighted by molar-refractivity contribution is 0.175. The van der Waals surface area contributed by atoms with Gasteiger partial charge in [-0.3, -0.25) is 5.32 Å². The number of alkyl carbamates (subject to hydrolysis) is 1. The van der Waals surface area contributed by atoms with E-state index in [0.29, 0.717) is 0 Å². The number of hydrogen-bond donors (Lipinski definition) is 2. The highest BCUT2D eigenvalue weighted by molar-refractivity contribution is 5.67. The summed E-state index contributed by atoms with van der Waals surface area (Å²) in [6.07, 6.45) is 1.97. The molecule has 4 nitrogen and oxygen atoms in total. The van der Waals surface area contributed by atoms with Crippen molar-refractivity contribution in [1.82, 2.24) is 5.32 Å². The first-order chi connectivity index (χ1) is 3.81. The number of hydrogen-bond acceptors (Lipinski definition) is 3. The van der Waals surface area contributed by atoms with Crippen molar-refractivity contribution in [1.29, 1.82) is 0 Å². The molecule has 0 aromatic rings. The van der Waals surface area contributed by atoms with Crippen molar-refractivity contribution in [3.05, 3.63) is 12.4 Å². The van der Waals surface area contributed by atoms with Crippen molar-refractivity contribution in [3.63, 3.8) is 0 Å². The monoisotopic (exact) mass is 116 g/mol. The number of nitrogens with one attached hydrogen (secondary N) is 1. The first kappa shape index (κ1) is 6.81. The highest BCUT2D eigenvalue weighted by atomic mass is 16.5. The Balaban J connectivity index is 3.25. The molecule has 0 atom stereocenters. The molecule has 0 radical (unpaired) electrons. The molecule has 8 heavy (non-hydrogen) atoms. The molecular formula is C4H8N2O2. The smallest absolute Gasteiger partial charge is 0.410 e. The number of methoxy groups -OCH3 is 1. The van der Waals surface area contributed by atoms with E-state index < -0.39 is 6.09 Å². The minimum atomic E-state index is -0.522. The van der Waals surface area contributed by atoms with Crippen LogP contribution in [0.1, 0.15) is 0 Å². The lowest BCUT2D eigenvalue weighted by atomic mass is 10.9. The second kappa shape index (κ2) is 3.98. The van der Waals surface area contributed by atoms with Gasteiger partial charge in [0.15, 0.2) is 0 Å². The molecule has 0 heterocycles. The van der Waals surface area contributed by atoms with Gasteiger partial charge in [-0.1, -0.05) is 0 Å². The van der Waals surface area contributed by atoms with Gasteiger partial charge in [-0.2, -0.15) is 0 Å². The Morgan fingerprint density at radius 2 is 2.50 bits per heavy atom. The van der Waals surface area contributed by atoms with Crippen molar-refractivity contribution in [3.8, 4) is 0 Å². The Morgan fingerprint density at radius 3 is 2.88 bits per heavy atom. The average Bonchev–Trinajstić information content (AvgIpc) is 1.83. The predicted molar refractivity (Wildman–Crippen MR) is 28.9 cm³/mol. The molecule has 46 valence electrons. The summed E-state index contributed by atoms with van der Waals surface area (Å²) >= 11 is 0. The van der Waals surface area contributed by atoms with Gasteiger partial charge in [0, 0.05) is 12.4 Å². The molecule has 0 aromatic heterocycles. The molecule has 0 aliphatic rings. The first-order valence-corrected chi connectivity index (χ1v) is 2.02. The SMILES string of the molecule is COC(=O)N/C=C/N. The van der Waals surface area contributed by atoms with E-state index in [2.05, 4.69) is 10.1 Å². The highest BCUT2D eigenvalue weighted by Crippen LogP contribution is 1.67. The molecular weight excluding hydrogens is 108 g/mol. The Hall–Kier alpha value is -1.19. The van der Waals surface area contributed by atoms with Gasteiger partial charge in [-0.25, -0.2) is 4.79 Å². The third-order valence-corrected chi connectivity index (χ3v) is 0.483. The van der Waals surface area contributed by atoms with Crippen LogP contribution in [0.4, 0.5) is 4.79 Å². The van der Waals surface area contributed by atoms with E-state index in [1.165, 1.54) is 19.5 Å². The van der Waals surface area contributed by atoms with Crippen LogP contribution in [0.25, 0.3) is 0 Å². The van der Waals surface area contributed by atoms with E-state index in [9.17, 15) is 4.79 Å². The molecule has 0 spiro atoms. The molecule has 0 unspecified atom stereocenters. The van der Waals surface area contributed by atoms with Gasteiger partial charge in [0.2, 0.25) is 0 Å². The molecule has 0 saturated carbocycles. The third kappa shape index (κ3) is 3.02. The fraction of sp³-hybridized carbons (Fsp3) is 0.250. The van der Waals surface area contributed by atoms with Crippen LogP contribution in [0.15, 0.2) is 12.4 Å². The quantitative estimate of drug-likeness (QED) is 0.497. The summed E-state index contributed by atoms with van der Waals surface area (Å²) in [6, 6.07) is 0. The normalized spacial score (nSPS) is 9.12. The molecule has 1 amide bonds. The molecule has 0 aliphatic heterocycles. The Labute approximate surface area is 47.3 Å². The molecule has 0 aliphatic carbocycles. The molecule has 0 bridgehead atoms. The zero-order chi connectivity index (χ0) is 6.41. The summed E-state index contributed by atoms with van der Waals surface area (Å²) < 4.78 is 4.20. The van der Waals surface area contributed by atoms with Gasteiger partial charge in [0.05, 0.1) is 7.11 Å². The Morgan fingerprint density at radius 1 is 1.88 bits per heavy atom. The van der Waals surface area contributed by atoms with Crippen LogP contribution in [0.5, 0.6) is 0 Å². The van der Waals surface area contributed by atoms with E-state index in [4.69, 9.17) is 5.73 Å². The first-order valence-electron chi connectivity index (χ1n) is 2.02. The molecule has 0 rings (SSSR count). The highest BCUT2D eigenvalue weighted by Gasteiger charge is 1.88. The van der Waals surface area contributed by atoms with Crippen LogP contribution < -0.4 is 11.1 Å². The summed E-state index contributed by atoms with van der Waals surface area (Å²) in [5.41, 5.74) is 4.88. The van der Waals surface area contributed by atoms with E-state index in [-0.39, 0.29) is 0 Å². The summed E-state index contributed by atoms with van der Waals surface area (Å²) in [5.74, 6) is 0. The van der Waals surface area contributed by atoms with Crippen LogP contribution >= 0.6 is 0 Å². The van der Waals surface area contributed by atoms with Gasteiger partial charge in [0.1, 0.15) is 0 Å². The summed E-state index contributed by atoms with van der Waals surface area (Å²) in [6.45, 7) is 0. The van der Waals surface area contributed by atoms with E-state index in [0.717, 1.165) is 0 Å². The van der Waals surface area contributed by atoms with Crippen LogP contribution in [-0.4, -0.2) is 13.2 Å². The average molecular weight is 116 g/mol. The number of amides is 1. The van der Waals surface area contributed by atoms with Crippen LogP contribution in [0, 0.1) is 0 Å². The van der Waals surface area contributed by atoms with Gasteiger partial charge < -0.3 is 10.5 Å². The van der Waals surface area contributed by atoms with Crippen molar-refractivity contribution in [2.75, 3.05) is 7.11 Å². The van der Waals surface area contributed by atoms with Gasteiger partial charge in [-0.15, -0.1) is 0 Å². The summed E-state index contributed by atoms with van der Waals surface area (Å²) in [4.78, 5) is 10.1. The largest absolute Gasteiger partial charge is 0.453 e. The maximum Gasteiger partial charge on any atom is 0.410 e. The Bertz CT molecular complexity index is 100. The number of nitrogens with two attached hydrogens (primary N) is 1. The molecule has 0 saturated heterocycles.